The second kappa shape index (κ2) is 7.92. The van der Waals surface area contributed by atoms with Crippen LogP contribution >= 0.6 is 0 Å². The molecule has 2 rings (SSSR count). The van der Waals surface area contributed by atoms with Gasteiger partial charge < -0.3 is 15.2 Å². The molecule has 118 valence electrons. The third-order valence-electron chi connectivity index (χ3n) is 3.79. The molecule has 1 aromatic rings. The summed E-state index contributed by atoms with van der Waals surface area (Å²) < 4.78 is 16.9. The molecule has 2 N–H and O–H groups in total. The lowest BCUT2D eigenvalue weighted by Crippen LogP contribution is -2.41. The van der Waals surface area contributed by atoms with Crippen LogP contribution in [0.5, 0.6) is 5.75 Å². The Bertz CT molecular complexity index is 482. The Morgan fingerprint density at radius 1 is 1.38 bits per heavy atom. The molecule has 0 amide bonds. The van der Waals surface area contributed by atoms with Crippen LogP contribution in [0.1, 0.15) is 24.0 Å². The van der Waals surface area contributed by atoms with Crippen LogP contribution in [-0.4, -0.2) is 46.1 Å². The molecule has 0 saturated carbocycles. The number of aliphatic hydroxyl groups excluding tert-OH is 1. The van der Waals surface area contributed by atoms with E-state index < -0.39 is 16.9 Å². The van der Waals surface area contributed by atoms with Gasteiger partial charge in [0.05, 0.1) is 0 Å². The normalized spacial score (nSPS) is 23.8. The van der Waals surface area contributed by atoms with Crippen LogP contribution in [0.15, 0.2) is 18.2 Å². The minimum atomic E-state index is -0.635. The molecule has 0 aromatic heterocycles. The van der Waals surface area contributed by atoms with Gasteiger partial charge in [-0.1, -0.05) is 17.7 Å². The van der Waals surface area contributed by atoms with Crippen molar-refractivity contribution in [2.45, 2.75) is 38.8 Å². The van der Waals surface area contributed by atoms with Gasteiger partial charge in [0.2, 0.25) is 0 Å². The van der Waals surface area contributed by atoms with Gasteiger partial charge >= 0.3 is 0 Å². The zero-order chi connectivity index (χ0) is 15.2. The lowest BCUT2D eigenvalue weighted by atomic mass is 10.1. The molecule has 5 heteroatoms. The predicted molar refractivity (Wildman–Crippen MR) is 86.3 cm³/mol. The van der Waals surface area contributed by atoms with Crippen molar-refractivity contribution < 1.29 is 14.1 Å². The number of hydrogen-bond acceptors (Lipinski definition) is 4. The summed E-state index contributed by atoms with van der Waals surface area (Å²) >= 11 is 0. The van der Waals surface area contributed by atoms with Crippen LogP contribution in [0.4, 0.5) is 0 Å². The third-order valence-corrected chi connectivity index (χ3v) is 5.17. The Hall–Kier alpha value is -0.910. The monoisotopic (exact) mass is 311 g/mol. The number of rotatable bonds is 6. The fraction of sp³-hybridized carbons (Fsp3) is 0.625. The molecule has 0 bridgehead atoms. The highest BCUT2D eigenvalue weighted by Crippen LogP contribution is 2.18. The van der Waals surface area contributed by atoms with Crippen molar-refractivity contribution in [1.82, 2.24) is 5.32 Å². The van der Waals surface area contributed by atoms with Crippen LogP contribution in [0.3, 0.4) is 0 Å². The lowest BCUT2D eigenvalue weighted by Gasteiger charge is -2.24. The lowest BCUT2D eigenvalue weighted by molar-refractivity contribution is 0.103. The molecule has 1 aliphatic heterocycles. The summed E-state index contributed by atoms with van der Waals surface area (Å²) in [5.41, 5.74) is 2.29. The molecular weight excluding hydrogens is 286 g/mol. The molecule has 4 nitrogen and oxygen atoms in total. The molecule has 0 radical (unpaired) electrons. The highest BCUT2D eigenvalue weighted by atomic mass is 32.2. The van der Waals surface area contributed by atoms with Gasteiger partial charge in [-0.05, 0) is 38.3 Å². The molecule has 1 unspecified atom stereocenters. The van der Waals surface area contributed by atoms with Crippen molar-refractivity contribution in [1.29, 1.82) is 0 Å². The first-order chi connectivity index (χ1) is 10.0. The quantitative estimate of drug-likeness (QED) is 0.837. The maximum absolute atomic E-state index is 11.3. The van der Waals surface area contributed by atoms with Crippen LogP contribution in [0.25, 0.3) is 0 Å². The Kier molecular flexibility index (Phi) is 6.21. The largest absolute Gasteiger partial charge is 0.491 e. The minimum Gasteiger partial charge on any atom is -0.491 e. The first-order valence-electron chi connectivity index (χ1n) is 7.51. The fourth-order valence-corrected chi connectivity index (χ4v) is 3.81. The van der Waals surface area contributed by atoms with Gasteiger partial charge in [0.15, 0.2) is 0 Å². The highest BCUT2D eigenvalue weighted by Gasteiger charge is 2.18. The van der Waals surface area contributed by atoms with Crippen LogP contribution in [0.2, 0.25) is 0 Å². The van der Waals surface area contributed by atoms with Gasteiger partial charge in [0, 0.05) is 34.9 Å². The number of hydrogen-bond donors (Lipinski definition) is 2. The SMILES string of the molecule is Cc1ccc(OCC(O)CNC2CCS(=O)CC2)c(C)c1. The summed E-state index contributed by atoms with van der Waals surface area (Å²) in [4.78, 5) is 0. The first-order valence-corrected chi connectivity index (χ1v) is 9.00. The van der Waals surface area contributed by atoms with Crippen LogP contribution in [0, 0.1) is 13.8 Å². The van der Waals surface area contributed by atoms with Gasteiger partial charge in [-0.2, -0.15) is 0 Å². The van der Waals surface area contributed by atoms with Crippen molar-refractivity contribution in [2.75, 3.05) is 24.7 Å². The van der Waals surface area contributed by atoms with Gasteiger partial charge in [0.25, 0.3) is 0 Å². The van der Waals surface area contributed by atoms with E-state index in [1.165, 1.54) is 5.56 Å². The number of benzene rings is 1. The van der Waals surface area contributed by atoms with Crippen molar-refractivity contribution in [2.24, 2.45) is 0 Å². The zero-order valence-corrected chi connectivity index (χ0v) is 13.6. The molecule has 1 heterocycles. The smallest absolute Gasteiger partial charge is 0.122 e. The Morgan fingerprint density at radius 3 is 2.76 bits per heavy atom. The van der Waals surface area contributed by atoms with E-state index in [1.807, 2.05) is 26.0 Å². The number of ether oxygens (including phenoxy) is 1. The van der Waals surface area contributed by atoms with Crippen LogP contribution in [-0.2, 0) is 10.8 Å². The van der Waals surface area contributed by atoms with E-state index in [-0.39, 0.29) is 6.61 Å². The van der Waals surface area contributed by atoms with Crippen molar-refractivity contribution in [3.63, 3.8) is 0 Å². The second-order valence-electron chi connectivity index (χ2n) is 5.76. The Labute approximate surface area is 129 Å². The predicted octanol–water partition coefficient (Wildman–Crippen LogP) is 1.54. The topological polar surface area (TPSA) is 58.6 Å². The number of nitrogens with one attached hydrogen (secondary N) is 1. The van der Waals surface area contributed by atoms with E-state index in [4.69, 9.17) is 4.74 Å². The molecule has 1 atom stereocenters. The molecule has 0 aliphatic carbocycles. The summed E-state index contributed by atoms with van der Waals surface area (Å²) in [6, 6.07) is 6.40. The van der Waals surface area contributed by atoms with Crippen LogP contribution < -0.4 is 10.1 Å². The Morgan fingerprint density at radius 2 is 2.10 bits per heavy atom. The van der Waals surface area contributed by atoms with E-state index in [9.17, 15) is 9.32 Å². The molecule has 21 heavy (non-hydrogen) atoms. The highest BCUT2D eigenvalue weighted by molar-refractivity contribution is 7.85. The fourth-order valence-electron chi connectivity index (χ4n) is 2.51. The minimum absolute atomic E-state index is 0.287. The van der Waals surface area contributed by atoms with Gasteiger partial charge in [-0.15, -0.1) is 0 Å². The summed E-state index contributed by atoms with van der Waals surface area (Å²) in [7, 11) is -0.635. The maximum atomic E-state index is 11.3. The van der Waals surface area contributed by atoms with E-state index >= 15 is 0 Å². The summed E-state index contributed by atoms with van der Waals surface area (Å²) in [6.07, 6.45) is 1.33. The molecule has 1 aromatic carbocycles. The van der Waals surface area contributed by atoms with Gasteiger partial charge in [0.1, 0.15) is 18.5 Å². The Balaban J connectivity index is 1.69. The second-order valence-corrected chi connectivity index (χ2v) is 7.46. The van der Waals surface area contributed by atoms with E-state index in [0.29, 0.717) is 12.6 Å². The average molecular weight is 311 g/mol. The molecular formula is C16H25NO3S. The first kappa shape index (κ1) is 16.5. The molecule has 1 fully saturated rings. The van der Waals surface area contributed by atoms with Gasteiger partial charge in [-0.3, -0.25) is 4.21 Å². The molecule has 1 aliphatic rings. The summed E-state index contributed by atoms with van der Waals surface area (Å²) in [5.74, 6) is 2.37. The van der Waals surface area contributed by atoms with E-state index in [1.54, 1.807) is 0 Å². The van der Waals surface area contributed by atoms with Crippen molar-refractivity contribution in [3.8, 4) is 5.75 Å². The van der Waals surface area contributed by atoms with E-state index in [2.05, 4.69) is 11.4 Å². The van der Waals surface area contributed by atoms with Crippen molar-refractivity contribution >= 4 is 10.8 Å². The van der Waals surface area contributed by atoms with Crippen molar-refractivity contribution in [3.05, 3.63) is 29.3 Å². The summed E-state index contributed by atoms with van der Waals surface area (Å²) in [6.45, 7) is 4.86. The van der Waals surface area contributed by atoms with Gasteiger partial charge in [-0.25, -0.2) is 0 Å². The van der Waals surface area contributed by atoms with E-state index in [0.717, 1.165) is 35.7 Å². The molecule has 0 spiro atoms. The summed E-state index contributed by atoms with van der Waals surface area (Å²) in [5, 5.41) is 13.3. The maximum Gasteiger partial charge on any atom is 0.122 e. The average Bonchev–Trinajstić information content (AvgIpc) is 2.46. The number of aliphatic hydroxyl groups is 1. The number of aryl methyl sites for hydroxylation is 2. The molecule has 1 saturated heterocycles. The standard InChI is InChI=1S/C16H25NO3S/c1-12-3-4-16(13(2)9-12)20-11-15(18)10-17-14-5-7-21(19)8-6-14/h3-4,9,14-15,17-18H,5-8,10-11H2,1-2H3. The zero-order valence-electron chi connectivity index (χ0n) is 12.8. The third kappa shape index (κ3) is 5.41.